The van der Waals surface area contributed by atoms with Crippen molar-refractivity contribution >= 4 is 0 Å². The lowest BCUT2D eigenvalue weighted by Gasteiger charge is -2.38. The first-order valence-corrected chi connectivity index (χ1v) is 7.77. The van der Waals surface area contributed by atoms with Crippen molar-refractivity contribution in [1.82, 2.24) is 0 Å². The normalized spacial score (nSPS) is 18.4. The van der Waals surface area contributed by atoms with Gasteiger partial charge in [-0.1, -0.05) is 39.2 Å². The van der Waals surface area contributed by atoms with Crippen molar-refractivity contribution < 1.29 is 13.9 Å². The third kappa shape index (κ3) is 3.05. The highest BCUT2D eigenvalue weighted by Crippen LogP contribution is 2.46. The van der Waals surface area contributed by atoms with Crippen LogP contribution >= 0.6 is 0 Å². The minimum atomic E-state index is -2.67. The van der Waals surface area contributed by atoms with Crippen LogP contribution < -0.4 is 5.73 Å². The minimum absolute atomic E-state index is 0.139. The molecular weight excluding hydrogens is 272 g/mol. The summed E-state index contributed by atoms with van der Waals surface area (Å²) >= 11 is 0. The Morgan fingerprint density at radius 3 is 2.29 bits per heavy atom. The van der Waals surface area contributed by atoms with Gasteiger partial charge in [0.2, 0.25) is 0 Å². The number of aromatic hydroxyl groups is 1. The fourth-order valence-electron chi connectivity index (χ4n) is 3.40. The fraction of sp³-hybridized carbons (Fsp3) is 0.647. The van der Waals surface area contributed by atoms with Crippen LogP contribution in [0, 0.1) is 0 Å². The minimum Gasteiger partial charge on any atom is -0.507 e. The van der Waals surface area contributed by atoms with Crippen molar-refractivity contribution in [2.45, 2.75) is 63.7 Å². The summed E-state index contributed by atoms with van der Waals surface area (Å²) in [4.78, 5) is 0. The van der Waals surface area contributed by atoms with Gasteiger partial charge >= 0.3 is 0 Å². The highest BCUT2D eigenvalue weighted by atomic mass is 19.3. The van der Waals surface area contributed by atoms with Gasteiger partial charge in [0.25, 0.3) is 6.43 Å². The second kappa shape index (κ2) is 6.30. The topological polar surface area (TPSA) is 46.2 Å². The van der Waals surface area contributed by atoms with Gasteiger partial charge in [-0.05, 0) is 30.4 Å². The Labute approximate surface area is 125 Å². The van der Waals surface area contributed by atoms with Gasteiger partial charge in [-0.3, -0.25) is 0 Å². The molecule has 1 aliphatic rings. The van der Waals surface area contributed by atoms with Crippen molar-refractivity contribution in [3.8, 4) is 5.75 Å². The molecule has 4 heteroatoms. The maximum absolute atomic E-state index is 13.3. The van der Waals surface area contributed by atoms with Crippen molar-refractivity contribution in [3.05, 3.63) is 28.8 Å². The molecule has 2 rings (SSSR count). The first-order valence-electron chi connectivity index (χ1n) is 7.77. The van der Waals surface area contributed by atoms with E-state index in [1.807, 2.05) is 19.9 Å². The van der Waals surface area contributed by atoms with E-state index < -0.39 is 6.43 Å². The summed E-state index contributed by atoms with van der Waals surface area (Å²) in [7, 11) is 0. The quantitative estimate of drug-likeness (QED) is 0.852. The third-order valence-electron chi connectivity index (χ3n) is 4.84. The Bertz CT molecular complexity index is 494. The number of alkyl halides is 2. The highest BCUT2D eigenvalue weighted by Gasteiger charge is 2.36. The molecule has 0 heterocycles. The lowest BCUT2D eigenvalue weighted by atomic mass is 9.68. The molecule has 118 valence electrons. The molecule has 1 aromatic rings. The van der Waals surface area contributed by atoms with E-state index in [-0.39, 0.29) is 22.6 Å². The van der Waals surface area contributed by atoms with Crippen LogP contribution in [0.5, 0.6) is 5.75 Å². The molecular formula is C17H25F2NO. The predicted octanol–water partition coefficient (Wildman–Crippen LogP) is 4.61. The van der Waals surface area contributed by atoms with Gasteiger partial charge in [-0.15, -0.1) is 0 Å². The number of nitrogens with two attached hydrogens (primary N) is 1. The molecule has 1 saturated carbocycles. The van der Waals surface area contributed by atoms with Crippen LogP contribution in [-0.2, 0) is 5.41 Å². The van der Waals surface area contributed by atoms with Crippen LogP contribution in [0.3, 0.4) is 0 Å². The van der Waals surface area contributed by atoms with Gasteiger partial charge in [0.1, 0.15) is 5.75 Å². The average molecular weight is 297 g/mol. The standard InChI is InChI=1S/C17H25F2NO/c1-11(2)12-8-13(16(18)19)15(21)14(9-12)17(10-20)6-4-3-5-7-17/h8-9,11,16,21H,3-7,10,20H2,1-2H3. The zero-order valence-corrected chi connectivity index (χ0v) is 12.8. The summed E-state index contributed by atoms with van der Waals surface area (Å²) in [6, 6.07) is 3.32. The lowest BCUT2D eigenvalue weighted by molar-refractivity contribution is 0.146. The first-order chi connectivity index (χ1) is 9.91. The molecule has 21 heavy (non-hydrogen) atoms. The van der Waals surface area contributed by atoms with Gasteiger partial charge in [-0.25, -0.2) is 8.78 Å². The SMILES string of the molecule is CC(C)c1cc(C(F)F)c(O)c(C2(CN)CCCCC2)c1. The highest BCUT2D eigenvalue weighted by molar-refractivity contribution is 5.49. The smallest absolute Gasteiger partial charge is 0.267 e. The number of hydrogen-bond donors (Lipinski definition) is 2. The van der Waals surface area contributed by atoms with E-state index >= 15 is 0 Å². The molecule has 0 radical (unpaired) electrons. The monoisotopic (exact) mass is 297 g/mol. The number of phenolic OH excluding ortho intramolecular Hbond substituents is 1. The molecule has 0 bridgehead atoms. The van der Waals surface area contributed by atoms with Crippen LogP contribution in [0.25, 0.3) is 0 Å². The Morgan fingerprint density at radius 1 is 1.19 bits per heavy atom. The molecule has 0 saturated heterocycles. The molecule has 1 aromatic carbocycles. The lowest BCUT2D eigenvalue weighted by Crippen LogP contribution is -2.37. The summed E-state index contributed by atoms with van der Waals surface area (Å²) in [5.74, 6) is -0.109. The summed E-state index contributed by atoms with van der Waals surface area (Å²) in [5.41, 5.74) is 6.86. The van der Waals surface area contributed by atoms with Gasteiger partial charge < -0.3 is 10.8 Å². The molecule has 0 aromatic heterocycles. The molecule has 2 nitrogen and oxygen atoms in total. The summed E-state index contributed by atoms with van der Waals surface area (Å²) < 4.78 is 26.5. The zero-order valence-electron chi connectivity index (χ0n) is 12.8. The van der Waals surface area contributed by atoms with Crippen molar-refractivity contribution in [2.75, 3.05) is 6.54 Å². The average Bonchev–Trinajstić information content (AvgIpc) is 2.47. The maximum atomic E-state index is 13.3. The summed E-state index contributed by atoms with van der Waals surface area (Å²) in [6.45, 7) is 4.34. The maximum Gasteiger partial charge on any atom is 0.267 e. The van der Waals surface area contributed by atoms with Crippen molar-refractivity contribution in [2.24, 2.45) is 5.73 Å². The number of rotatable bonds is 4. The van der Waals surface area contributed by atoms with E-state index in [9.17, 15) is 13.9 Å². The molecule has 1 fully saturated rings. The summed E-state index contributed by atoms with van der Waals surface area (Å²) in [6.07, 6.45) is 2.27. The first kappa shape index (κ1) is 16.2. The number of halogens is 2. The largest absolute Gasteiger partial charge is 0.507 e. The van der Waals surface area contributed by atoms with Crippen LogP contribution in [0.4, 0.5) is 8.78 Å². The zero-order chi connectivity index (χ0) is 15.6. The number of benzene rings is 1. The van der Waals surface area contributed by atoms with E-state index in [0.29, 0.717) is 12.1 Å². The van der Waals surface area contributed by atoms with Crippen LogP contribution in [0.15, 0.2) is 12.1 Å². The van der Waals surface area contributed by atoms with E-state index in [2.05, 4.69) is 0 Å². The number of phenols is 1. The molecule has 0 atom stereocenters. The van der Waals surface area contributed by atoms with Crippen LogP contribution in [0.2, 0.25) is 0 Å². The van der Waals surface area contributed by atoms with Gasteiger partial charge in [0.05, 0.1) is 5.56 Å². The van der Waals surface area contributed by atoms with E-state index in [1.54, 1.807) is 0 Å². The molecule has 1 aliphatic carbocycles. The van der Waals surface area contributed by atoms with Gasteiger partial charge in [0.15, 0.2) is 0 Å². The Morgan fingerprint density at radius 2 is 1.81 bits per heavy atom. The molecule has 3 N–H and O–H groups in total. The second-order valence-electron chi connectivity index (χ2n) is 6.51. The Balaban J connectivity index is 2.60. The van der Waals surface area contributed by atoms with Gasteiger partial charge in [0, 0.05) is 17.5 Å². The van der Waals surface area contributed by atoms with Gasteiger partial charge in [-0.2, -0.15) is 0 Å². The Hall–Kier alpha value is -1.16. The van der Waals surface area contributed by atoms with Crippen LogP contribution in [0.1, 0.15) is 75.0 Å². The van der Waals surface area contributed by atoms with E-state index in [1.165, 1.54) is 6.07 Å². The Kier molecular flexibility index (Phi) is 4.87. The van der Waals surface area contributed by atoms with Crippen LogP contribution in [-0.4, -0.2) is 11.7 Å². The molecule has 0 unspecified atom stereocenters. The molecule has 0 aliphatic heterocycles. The number of hydrogen-bond acceptors (Lipinski definition) is 2. The molecule has 0 amide bonds. The van der Waals surface area contributed by atoms with E-state index in [4.69, 9.17) is 5.73 Å². The summed E-state index contributed by atoms with van der Waals surface area (Å²) in [5, 5.41) is 10.4. The molecule has 0 spiro atoms. The predicted molar refractivity (Wildman–Crippen MR) is 81.0 cm³/mol. The van der Waals surface area contributed by atoms with Crippen molar-refractivity contribution in [3.63, 3.8) is 0 Å². The second-order valence-corrected chi connectivity index (χ2v) is 6.51. The van der Waals surface area contributed by atoms with E-state index in [0.717, 1.165) is 37.7 Å². The fourth-order valence-corrected chi connectivity index (χ4v) is 3.40. The third-order valence-corrected chi connectivity index (χ3v) is 4.84. The van der Waals surface area contributed by atoms with Crippen molar-refractivity contribution in [1.29, 1.82) is 0 Å².